The van der Waals surface area contributed by atoms with Crippen molar-refractivity contribution in [3.8, 4) is 0 Å². The lowest BCUT2D eigenvalue weighted by atomic mass is 9.76. The molecule has 20 heavy (non-hydrogen) atoms. The highest BCUT2D eigenvalue weighted by Gasteiger charge is 2.46. The topological polar surface area (TPSA) is 95.5 Å². The van der Waals surface area contributed by atoms with Crippen molar-refractivity contribution in [2.24, 2.45) is 5.92 Å². The summed E-state index contributed by atoms with van der Waals surface area (Å²) in [6.07, 6.45) is 5.57. The molecule has 2 saturated carbocycles. The van der Waals surface area contributed by atoms with Crippen molar-refractivity contribution in [3.63, 3.8) is 0 Å². The first-order chi connectivity index (χ1) is 9.44. The molecule has 1 atom stereocenters. The maximum Gasteiger partial charge on any atom is 0.329 e. The highest BCUT2D eigenvalue weighted by atomic mass is 16.4. The van der Waals surface area contributed by atoms with Gasteiger partial charge in [-0.1, -0.05) is 12.8 Å². The summed E-state index contributed by atoms with van der Waals surface area (Å²) in [7, 11) is 0. The molecule has 3 N–H and O–H groups in total. The average molecular weight is 282 g/mol. The molecule has 0 aromatic rings. The summed E-state index contributed by atoms with van der Waals surface area (Å²) >= 11 is 0. The van der Waals surface area contributed by atoms with E-state index in [9.17, 15) is 14.4 Å². The summed E-state index contributed by atoms with van der Waals surface area (Å²) in [6.45, 7) is 1.59. The molecule has 6 heteroatoms. The first kappa shape index (κ1) is 14.8. The van der Waals surface area contributed by atoms with E-state index in [4.69, 9.17) is 5.11 Å². The van der Waals surface area contributed by atoms with E-state index in [0.717, 1.165) is 32.1 Å². The number of nitrogens with one attached hydrogen (secondary N) is 2. The van der Waals surface area contributed by atoms with Crippen molar-refractivity contribution in [1.82, 2.24) is 10.6 Å². The second-order valence-corrected chi connectivity index (χ2v) is 5.94. The van der Waals surface area contributed by atoms with Crippen molar-refractivity contribution in [2.45, 2.75) is 63.5 Å². The summed E-state index contributed by atoms with van der Waals surface area (Å²) in [5.41, 5.74) is -1.12. The Morgan fingerprint density at radius 2 is 1.75 bits per heavy atom. The van der Waals surface area contributed by atoms with E-state index < -0.39 is 23.5 Å². The SMILES string of the molecule is CC(NC(=O)C1CCCC1)C(=O)NC1(C(=O)O)CCC1. The third-order valence-corrected chi connectivity index (χ3v) is 4.46. The molecular weight excluding hydrogens is 260 g/mol. The third kappa shape index (κ3) is 2.94. The molecule has 0 aliphatic heterocycles. The number of rotatable bonds is 5. The second-order valence-electron chi connectivity index (χ2n) is 5.94. The zero-order chi connectivity index (χ0) is 14.8. The molecule has 2 aliphatic carbocycles. The number of carbonyl (C=O) groups excluding carboxylic acids is 2. The molecule has 6 nitrogen and oxygen atoms in total. The summed E-state index contributed by atoms with van der Waals surface area (Å²) in [5, 5.41) is 14.4. The lowest BCUT2D eigenvalue weighted by Gasteiger charge is -2.39. The van der Waals surface area contributed by atoms with Crippen molar-refractivity contribution >= 4 is 17.8 Å². The number of aliphatic carboxylic acids is 1. The van der Waals surface area contributed by atoms with Crippen LogP contribution < -0.4 is 10.6 Å². The number of amides is 2. The monoisotopic (exact) mass is 282 g/mol. The number of carbonyl (C=O) groups is 3. The number of hydrogen-bond donors (Lipinski definition) is 3. The van der Waals surface area contributed by atoms with Crippen LogP contribution in [0.15, 0.2) is 0 Å². The van der Waals surface area contributed by atoms with Crippen molar-refractivity contribution < 1.29 is 19.5 Å². The highest BCUT2D eigenvalue weighted by Crippen LogP contribution is 2.32. The molecule has 1 unspecified atom stereocenters. The van der Waals surface area contributed by atoms with E-state index in [1.165, 1.54) is 0 Å². The minimum absolute atomic E-state index is 0.00221. The Labute approximate surface area is 118 Å². The van der Waals surface area contributed by atoms with Crippen LogP contribution in [0.2, 0.25) is 0 Å². The molecule has 0 aromatic heterocycles. The minimum Gasteiger partial charge on any atom is -0.480 e. The van der Waals surface area contributed by atoms with Gasteiger partial charge in [0.05, 0.1) is 0 Å². The lowest BCUT2D eigenvalue weighted by molar-refractivity contribution is -0.152. The Balaban J connectivity index is 1.85. The molecular formula is C14H22N2O4. The summed E-state index contributed by atoms with van der Waals surface area (Å²) in [6, 6.07) is -0.695. The van der Waals surface area contributed by atoms with Crippen molar-refractivity contribution in [3.05, 3.63) is 0 Å². The zero-order valence-corrected chi connectivity index (χ0v) is 11.8. The second kappa shape index (κ2) is 5.81. The standard InChI is InChI=1S/C14H22N2O4/c1-9(15-12(18)10-5-2-3-6-10)11(17)16-14(13(19)20)7-4-8-14/h9-10H,2-8H2,1H3,(H,15,18)(H,16,17)(H,19,20). The maximum atomic E-state index is 12.0. The molecule has 0 bridgehead atoms. The predicted molar refractivity (Wildman–Crippen MR) is 71.9 cm³/mol. The van der Waals surface area contributed by atoms with Crippen LogP contribution >= 0.6 is 0 Å². The fraction of sp³-hybridized carbons (Fsp3) is 0.786. The molecule has 112 valence electrons. The van der Waals surface area contributed by atoms with Crippen LogP contribution in [0.4, 0.5) is 0 Å². The van der Waals surface area contributed by atoms with Gasteiger partial charge in [0.1, 0.15) is 11.6 Å². The number of carboxylic acid groups (broad SMARTS) is 1. The lowest BCUT2D eigenvalue weighted by Crippen LogP contribution is -2.62. The molecule has 0 saturated heterocycles. The largest absolute Gasteiger partial charge is 0.480 e. The molecule has 0 spiro atoms. The van der Waals surface area contributed by atoms with Crippen LogP contribution in [0.5, 0.6) is 0 Å². The van der Waals surface area contributed by atoms with E-state index in [1.807, 2.05) is 0 Å². The summed E-state index contributed by atoms with van der Waals surface area (Å²) in [4.78, 5) is 35.1. The molecule has 2 fully saturated rings. The fourth-order valence-electron chi connectivity index (χ4n) is 2.85. The van der Waals surface area contributed by atoms with E-state index in [1.54, 1.807) is 6.92 Å². The van der Waals surface area contributed by atoms with Crippen molar-refractivity contribution in [2.75, 3.05) is 0 Å². The normalized spacial score (nSPS) is 22.6. The minimum atomic E-state index is -1.12. The average Bonchev–Trinajstić information content (AvgIpc) is 2.86. The predicted octanol–water partition coefficient (Wildman–Crippen LogP) is 0.805. The number of carboxylic acids is 1. The summed E-state index contributed by atoms with van der Waals surface area (Å²) < 4.78 is 0. The Kier molecular flexibility index (Phi) is 4.30. The third-order valence-electron chi connectivity index (χ3n) is 4.46. The quantitative estimate of drug-likeness (QED) is 0.695. The number of hydrogen-bond acceptors (Lipinski definition) is 3. The molecule has 0 radical (unpaired) electrons. The van der Waals surface area contributed by atoms with E-state index >= 15 is 0 Å². The van der Waals surface area contributed by atoms with Gasteiger partial charge in [-0.3, -0.25) is 9.59 Å². The molecule has 2 aliphatic rings. The van der Waals surface area contributed by atoms with Gasteiger partial charge in [-0.2, -0.15) is 0 Å². The van der Waals surface area contributed by atoms with Gasteiger partial charge in [0, 0.05) is 5.92 Å². The smallest absolute Gasteiger partial charge is 0.329 e. The van der Waals surface area contributed by atoms with Crippen LogP contribution in [0.3, 0.4) is 0 Å². The fourth-order valence-corrected chi connectivity index (χ4v) is 2.85. The van der Waals surface area contributed by atoms with Crippen LogP contribution in [-0.2, 0) is 14.4 Å². The zero-order valence-electron chi connectivity index (χ0n) is 11.8. The van der Waals surface area contributed by atoms with Crippen LogP contribution in [0.1, 0.15) is 51.9 Å². The Hall–Kier alpha value is -1.59. The Bertz CT molecular complexity index is 411. The molecule has 2 amide bonds. The van der Waals surface area contributed by atoms with Crippen LogP contribution in [-0.4, -0.2) is 34.5 Å². The van der Waals surface area contributed by atoms with Gasteiger partial charge in [0.15, 0.2) is 0 Å². The van der Waals surface area contributed by atoms with Crippen molar-refractivity contribution in [1.29, 1.82) is 0 Å². The molecule has 2 rings (SSSR count). The molecule has 0 heterocycles. The first-order valence-corrected chi connectivity index (χ1v) is 7.30. The van der Waals surface area contributed by atoms with Gasteiger partial charge in [-0.05, 0) is 39.0 Å². The first-order valence-electron chi connectivity index (χ1n) is 7.30. The van der Waals surface area contributed by atoms with E-state index in [2.05, 4.69) is 10.6 Å². The van der Waals surface area contributed by atoms with Gasteiger partial charge in [0.2, 0.25) is 11.8 Å². The van der Waals surface area contributed by atoms with Gasteiger partial charge in [0.25, 0.3) is 0 Å². The van der Waals surface area contributed by atoms with Crippen LogP contribution in [0.25, 0.3) is 0 Å². The van der Waals surface area contributed by atoms with Gasteiger partial charge < -0.3 is 15.7 Å². The molecule has 0 aromatic carbocycles. The Morgan fingerprint density at radius 3 is 2.20 bits per heavy atom. The van der Waals surface area contributed by atoms with E-state index in [0.29, 0.717) is 12.8 Å². The highest BCUT2D eigenvalue weighted by molar-refractivity contribution is 5.92. The van der Waals surface area contributed by atoms with E-state index in [-0.39, 0.29) is 11.8 Å². The van der Waals surface area contributed by atoms with Gasteiger partial charge in [-0.15, -0.1) is 0 Å². The van der Waals surface area contributed by atoms with Crippen LogP contribution in [0, 0.1) is 5.92 Å². The Morgan fingerprint density at radius 1 is 1.15 bits per heavy atom. The van der Waals surface area contributed by atoms with Gasteiger partial charge in [-0.25, -0.2) is 4.79 Å². The summed E-state index contributed by atoms with van der Waals surface area (Å²) in [5.74, 6) is -1.50. The van der Waals surface area contributed by atoms with Gasteiger partial charge >= 0.3 is 5.97 Å². The maximum absolute atomic E-state index is 12.0.